The molecule has 1 aliphatic heterocycles. The highest BCUT2D eigenvalue weighted by Crippen LogP contribution is 2.23. The first kappa shape index (κ1) is 18.5. The average molecular weight is 325 g/mol. The predicted octanol–water partition coefficient (Wildman–Crippen LogP) is 2.09. The van der Waals surface area contributed by atoms with Crippen molar-refractivity contribution in [2.24, 2.45) is 16.8 Å². The van der Waals surface area contributed by atoms with Crippen molar-refractivity contribution >= 4 is 5.96 Å². The van der Waals surface area contributed by atoms with Gasteiger partial charge in [-0.25, -0.2) is 0 Å². The molecule has 1 atom stereocenters. The number of aliphatic imine (C=N–C) groups is 1. The lowest BCUT2D eigenvalue weighted by Crippen LogP contribution is -2.51. The molecule has 23 heavy (non-hydrogen) atoms. The van der Waals surface area contributed by atoms with Crippen molar-refractivity contribution in [2.45, 2.75) is 58.6 Å². The lowest BCUT2D eigenvalue weighted by Gasteiger charge is -2.34. The first-order valence-corrected chi connectivity index (χ1v) is 9.38. The Morgan fingerprint density at radius 3 is 2.65 bits per heavy atom. The van der Waals surface area contributed by atoms with Crippen molar-refractivity contribution in [1.29, 1.82) is 0 Å². The van der Waals surface area contributed by atoms with Gasteiger partial charge in [-0.15, -0.1) is 0 Å². The van der Waals surface area contributed by atoms with E-state index in [0.717, 1.165) is 44.7 Å². The van der Waals surface area contributed by atoms with E-state index >= 15 is 0 Å². The van der Waals surface area contributed by atoms with E-state index in [4.69, 9.17) is 4.74 Å². The maximum atomic E-state index is 5.90. The maximum Gasteiger partial charge on any atom is 0.191 e. The van der Waals surface area contributed by atoms with Crippen LogP contribution in [0.2, 0.25) is 0 Å². The zero-order valence-corrected chi connectivity index (χ0v) is 15.5. The minimum atomic E-state index is 0.257. The van der Waals surface area contributed by atoms with Crippen LogP contribution in [0, 0.1) is 11.8 Å². The molecule has 2 rings (SSSR count). The predicted molar refractivity (Wildman–Crippen MR) is 96.9 cm³/mol. The van der Waals surface area contributed by atoms with Crippen molar-refractivity contribution in [1.82, 2.24) is 15.5 Å². The Morgan fingerprint density at radius 2 is 2.00 bits per heavy atom. The van der Waals surface area contributed by atoms with E-state index in [1.807, 2.05) is 7.05 Å². The Hall–Kier alpha value is -0.810. The number of morpholine rings is 1. The van der Waals surface area contributed by atoms with Crippen LogP contribution in [0.3, 0.4) is 0 Å². The second-order valence-electron chi connectivity index (χ2n) is 7.70. The molecule has 0 radical (unpaired) electrons. The SMILES string of the molecule is CN=C(NCC1CN(CC(C)C)CCO1)NC1CCC(C)CC1. The molecule has 1 saturated carbocycles. The molecule has 0 spiro atoms. The molecule has 1 aliphatic carbocycles. The summed E-state index contributed by atoms with van der Waals surface area (Å²) in [4.78, 5) is 6.89. The number of ether oxygens (including phenoxy) is 1. The van der Waals surface area contributed by atoms with Gasteiger partial charge in [0.15, 0.2) is 5.96 Å². The topological polar surface area (TPSA) is 48.9 Å². The first-order valence-electron chi connectivity index (χ1n) is 9.38. The van der Waals surface area contributed by atoms with Crippen molar-refractivity contribution in [3.05, 3.63) is 0 Å². The number of hydrogen-bond acceptors (Lipinski definition) is 3. The molecular weight excluding hydrogens is 288 g/mol. The zero-order chi connectivity index (χ0) is 16.7. The van der Waals surface area contributed by atoms with Crippen LogP contribution in [0.1, 0.15) is 46.5 Å². The minimum absolute atomic E-state index is 0.257. The van der Waals surface area contributed by atoms with Crippen LogP contribution in [0.4, 0.5) is 0 Å². The fourth-order valence-corrected chi connectivity index (χ4v) is 3.59. The van der Waals surface area contributed by atoms with E-state index in [1.54, 1.807) is 0 Å². The van der Waals surface area contributed by atoms with Crippen LogP contribution in [0.5, 0.6) is 0 Å². The van der Waals surface area contributed by atoms with Gasteiger partial charge in [-0.2, -0.15) is 0 Å². The van der Waals surface area contributed by atoms with Gasteiger partial charge in [0, 0.05) is 39.3 Å². The van der Waals surface area contributed by atoms with Crippen molar-refractivity contribution < 1.29 is 4.74 Å². The second kappa shape index (κ2) is 9.48. The highest BCUT2D eigenvalue weighted by molar-refractivity contribution is 5.80. The molecule has 2 aliphatic rings. The summed E-state index contributed by atoms with van der Waals surface area (Å²) in [5.74, 6) is 2.52. The normalized spacial score (nSPS) is 30.5. The number of rotatable bonds is 5. The van der Waals surface area contributed by atoms with Gasteiger partial charge in [-0.1, -0.05) is 20.8 Å². The largest absolute Gasteiger partial charge is 0.374 e. The standard InChI is InChI=1S/C18H36N4O/c1-14(2)12-22-9-10-23-17(13-22)11-20-18(19-4)21-16-7-5-15(3)6-8-16/h14-17H,5-13H2,1-4H3,(H2,19,20,21). The Morgan fingerprint density at radius 1 is 1.26 bits per heavy atom. The summed E-state index contributed by atoms with van der Waals surface area (Å²) in [7, 11) is 1.85. The van der Waals surface area contributed by atoms with Gasteiger partial charge in [-0.05, 0) is 37.5 Å². The van der Waals surface area contributed by atoms with Crippen LogP contribution in [0.15, 0.2) is 4.99 Å². The molecule has 0 amide bonds. The summed E-state index contributed by atoms with van der Waals surface area (Å²) in [6.07, 6.45) is 5.41. The van der Waals surface area contributed by atoms with E-state index in [9.17, 15) is 0 Å². The molecule has 2 N–H and O–H groups in total. The molecule has 5 nitrogen and oxygen atoms in total. The Bertz CT molecular complexity index is 364. The van der Waals surface area contributed by atoms with Crippen LogP contribution < -0.4 is 10.6 Å². The van der Waals surface area contributed by atoms with Crippen LogP contribution in [-0.4, -0.2) is 62.8 Å². The van der Waals surface area contributed by atoms with E-state index in [2.05, 4.69) is 41.3 Å². The maximum absolute atomic E-state index is 5.90. The average Bonchev–Trinajstić information content (AvgIpc) is 2.53. The second-order valence-corrected chi connectivity index (χ2v) is 7.70. The smallest absolute Gasteiger partial charge is 0.191 e. The highest BCUT2D eigenvalue weighted by atomic mass is 16.5. The molecule has 0 aromatic rings. The van der Waals surface area contributed by atoms with Gasteiger partial charge < -0.3 is 15.4 Å². The monoisotopic (exact) mass is 324 g/mol. The minimum Gasteiger partial charge on any atom is -0.374 e. The first-order chi connectivity index (χ1) is 11.1. The van der Waals surface area contributed by atoms with Gasteiger partial charge in [0.25, 0.3) is 0 Å². The molecular formula is C18H36N4O. The molecule has 1 saturated heterocycles. The fraction of sp³-hybridized carbons (Fsp3) is 0.944. The molecule has 134 valence electrons. The van der Waals surface area contributed by atoms with Gasteiger partial charge in [0.2, 0.25) is 0 Å². The molecule has 5 heteroatoms. The molecule has 0 aromatic carbocycles. The van der Waals surface area contributed by atoms with Crippen molar-refractivity contribution in [3.8, 4) is 0 Å². The number of guanidine groups is 1. The molecule has 2 fully saturated rings. The molecule has 0 bridgehead atoms. The lowest BCUT2D eigenvalue weighted by molar-refractivity contribution is -0.0284. The lowest BCUT2D eigenvalue weighted by atomic mass is 9.87. The van der Waals surface area contributed by atoms with Crippen LogP contribution >= 0.6 is 0 Å². The summed E-state index contributed by atoms with van der Waals surface area (Å²) < 4.78 is 5.90. The van der Waals surface area contributed by atoms with Gasteiger partial charge >= 0.3 is 0 Å². The molecule has 1 heterocycles. The van der Waals surface area contributed by atoms with E-state index in [-0.39, 0.29) is 6.10 Å². The highest BCUT2D eigenvalue weighted by Gasteiger charge is 2.22. The summed E-state index contributed by atoms with van der Waals surface area (Å²) >= 11 is 0. The Labute approximate surface area is 142 Å². The Kier molecular flexibility index (Phi) is 7.63. The third-order valence-electron chi connectivity index (χ3n) is 4.92. The third kappa shape index (κ3) is 6.68. The molecule has 1 unspecified atom stereocenters. The van der Waals surface area contributed by atoms with E-state index in [0.29, 0.717) is 12.0 Å². The fourth-order valence-electron chi connectivity index (χ4n) is 3.59. The van der Waals surface area contributed by atoms with Gasteiger partial charge in [-0.3, -0.25) is 9.89 Å². The Balaban J connectivity index is 1.70. The van der Waals surface area contributed by atoms with Crippen molar-refractivity contribution in [3.63, 3.8) is 0 Å². The van der Waals surface area contributed by atoms with Crippen molar-refractivity contribution in [2.75, 3.05) is 39.8 Å². The summed E-state index contributed by atoms with van der Waals surface area (Å²) in [5, 5.41) is 7.04. The van der Waals surface area contributed by atoms with E-state index < -0.39 is 0 Å². The molecule has 0 aromatic heterocycles. The van der Waals surface area contributed by atoms with Crippen LogP contribution in [0.25, 0.3) is 0 Å². The number of nitrogens with one attached hydrogen (secondary N) is 2. The van der Waals surface area contributed by atoms with Crippen LogP contribution in [-0.2, 0) is 4.74 Å². The van der Waals surface area contributed by atoms with Gasteiger partial charge in [0.1, 0.15) is 0 Å². The number of hydrogen-bond donors (Lipinski definition) is 2. The van der Waals surface area contributed by atoms with E-state index in [1.165, 1.54) is 25.7 Å². The summed E-state index contributed by atoms with van der Waals surface area (Å²) in [6, 6.07) is 0.571. The zero-order valence-electron chi connectivity index (χ0n) is 15.5. The third-order valence-corrected chi connectivity index (χ3v) is 4.92. The van der Waals surface area contributed by atoms with Gasteiger partial charge in [0.05, 0.1) is 12.7 Å². The summed E-state index contributed by atoms with van der Waals surface area (Å²) in [6.45, 7) is 11.8. The summed E-state index contributed by atoms with van der Waals surface area (Å²) in [5.41, 5.74) is 0. The quantitative estimate of drug-likeness (QED) is 0.600. The number of nitrogens with zero attached hydrogens (tertiary/aromatic N) is 2.